The SMILES string of the molecule is COc1ccccc1CN(Cc1cccs1)C(=O)c1ccc(-n2c(C)nc3ccccc3c2=O)cc1. The summed E-state index contributed by atoms with van der Waals surface area (Å²) in [6.45, 7) is 2.71. The van der Waals surface area contributed by atoms with Crippen LogP contribution in [0.15, 0.2) is 95.1 Å². The van der Waals surface area contributed by atoms with E-state index >= 15 is 0 Å². The zero-order valence-electron chi connectivity index (χ0n) is 20.0. The first-order valence-electron chi connectivity index (χ1n) is 11.6. The summed E-state index contributed by atoms with van der Waals surface area (Å²) in [6.07, 6.45) is 0. The van der Waals surface area contributed by atoms with Crippen molar-refractivity contribution in [1.29, 1.82) is 0 Å². The molecule has 180 valence electrons. The van der Waals surface area contributed by atoms with Gasteiger partial charge in [0.2, 0.25) is 0 Å². The molecule has 0 radical (unpaired) electrons. The van der Waals surface area contributed by atoms with E-state index in [1.165, 1.54) is 0 Å². The highest BCUT2D eigenvalue weighted by molar-refractivity contribution is 7.09. The maximum atomic E-state index is 13.6. The van der Waals surface area contributed by atoms with Crippen molar-refractivity contribution in [3.8, 4) is 11.4 Å². The summed E-state index contributed by atoms with van der Waals surface area (Å²) in [6, 6.07) is 26.2. The average Bonchev–Trinajstić information content (AvgIpc) is 3.42. The highest BCUT2D eigenvalue weighted by Crippen LogP contribution is 2.23. The van der Waals surface area contributed by atoms with Gasteiger partial charge in [-0.25, -0.2) is 4.98 Å². The molecule has 2 heterocycles. The normalized spacial score (nSPS) is 10.9. The monoisotopic (exact) mass is 495 g/mol. The van der Waals surface area contributed by atoms with E-state index in [-0.39, 0.29) is 11.5 Å². The third-order valence-electron chi connectivity index (χ3n) is 6.08. The van der Waals surface area contributed by atoms with Crippen molar-refractivity contribution in [2.75, 3.05) is 7.11 Å². The van der Waals surface area contributed by atoms with Crippen LogP contribution in [0.2, 0.25) is 0 Å². The van der Waals surface area contributed by atoms with Crippen molar-refractivity contribution < 1.29 is 9.53 Å². The number of benzene rings is 3. The summed E-state index contributed by atoms with van der Waals surface area (Å²) in [7, 11) is 1.63. The van der Waals surface area contributed by atoms with E-state index in [9.17, 15) is 9.59 Å². The minimum atomic E-state index is -0.132. The second kappa shape index (κ2) is 10.2. The van der Waals surface area contributed by atoms with E-state index in [0.717, 1.165) is 16.2 Å². The Balaban J connectivity index is 1.47. The van der Waals surface area contributed by atoms with Gasteiger partial charge in [0.05, 0.1) is 36.8 Å². The first-order valence-corrected chi connectivity index (χ1v) is 12.5. The molecule has 0 bridgehead atoms. The van der Waals surface area contributed by atoms with Crippen molar-refractivity contribution >= 4 is 28.1 Å². The fourth-order valence-corrected chi connectivity index (χ4v) is 5.03. The Morgan fingerprint density at radius 3 is 2.44 bits per heavy atom. The van der Waals surface area contributed by atoms with Crippen LogP contribution >= 0.6 is 11.3 Å². The van der Waals surface area contributed by atoms with Crippen LogP contribution < -0.4 is 10.3 Å². The molecule has 0 aliphatic rings. The third-order valence-corrected chi connectivity index (χ3v) is 6.94. The maximum absolute atomic E-state index is 13.6. The molecule has 3 aromatic carbocycles. The number of aryl methyl sites for hydroxylation is 1. The van der Waals surface area contributed by atoms with E-state index in [4.69, 9.17) is 4.74 Å². The summed E-state index contributed by atoms with van der Waals surface area (Å²) in [5.74, 6) is 1.24. The summed E-state index contributed by atoms with van der Waals surface area (Å²) in [5.41, 5.74) is 2.69. The van der Waals surface area contributed by atoms with Crippen LogP contribution in [0.3, 0.4) is 0 Å². The fourth-order valence-electron chi connectivity index (χ4n) is 4.31. The fraction of sp³-hybridized carbons (Fsp3) is 0.138. The number of rotatable bonds is 7. The first-order chi connectivity index (χ1) is 17.5. The Hall–Kier alpha value is -4.23. The number of thiophene rings is 1. The Morgan fingerprint density at radius 2 is 1.69 bits per heavy atom. The number of carbonyl (C=O) groups excluding carboxylic acids is 1. The van der Waals surface area contributed by atoms with E-state index < -0.39 is 0 Å². The van der Waals surface area contributed by atoms with Gasteiger partial charge in [-0.2, -0.15) is 0 Å². The Labute approximate surface area is 213 Å². The van der Waals surface area contributed by atoms with E-state index in [1.54, 1.807) is 53.3 Å². The molecular formula is C29H25N3O3S. The van der Waals surface area contributed by atoms with Crippen LogP contribution in [0, 0.1) is 6.92 Å². The van der Waals surface area contributed by atoms with Gasteiger partial charge in [0.25, 0.3) is 11.5 Å². The van der Waals surface area contributed by atoms with Crippen LogP contribution in [-0.4, -0.2) is 27.5 Å². The van der Waals surface area contributed by atoms with Crippen molar-refractivity contribution in [3.63, 3.8) is 0 Å². The smallest absolute Gasteiger partial charge is 0.265 e. The molecule has 0 saturated heterocycles. The molecule has 2 aromatic heterocycles. The summed E-state index contributed by atoms with van der Waals surface area (Å²) in [4.78, 5) is 34.3. The molecule has 5 rings (SSSR count). The molecule has 7 heteroatoms. The Morgan fingerprint density at radius 1 is 0.944 bits per heavy atom. The van der Waals surface area contributed by atoms with Crippen LogP contribution in [-0.2, 0) is 13.1 Å². The first kappa shape index (κ1) is 23.5. The number of para-hydroxylation sites is 2. The molecule has 6 nitrogen and oxygen atoms in total. The van der Waals surface area contributed by atoms with Gasteiger partial charge >= 0.3 is 0 Å². The lowest BCUT2D eigenvalue weighted by molar-refractivity contribution is 0.0730. The quantitative estimate of drug-likeness (QED) is 0.295. The van der Waals surface area contributed by atoms with Gasteiger partial charge in [0.15, 0.2) is 0 Å². The number of amides is 1. The number of nitrogens with zero attached hydrogens (tertiary/aromatic N) is 3. The van der Waals surface area contributed by atoms with Gasteiger partial charge in [-0.15, -0.1) is 11.3 Å². The topological polar surface area (TPSA) is 64.4 Å². The van der Waals surface area contributed by atoms with Gasteiger partial charge in [0.1, 0.15) is 11.6 Å². The number of methoxy groups -OCH3 is 1. The second-order valence-electron chi connectivity index (χ2n) is 8.42. The number of hydrogen-bond acceptors (Lipinski definition) is 5. The zero-order valence-corrected chi connectivity index (χ0v) is 20.9. The molecule has 0 spiro atoms. The predicted molar refractivity (Wildman–Crippen MR) is 143 cm³/mol. The molecule has 0 atom stereocenters. The maximum Gasteiger partial charge on any atom is 0.265 e. The van der Waals surface area contributed by atoms with E-state index in [0.29, 0.717) is 41.1 Å². The summed E-state index contributed by atoms with van der Waals surface area (Å²) < 4.78 is 7.09. The molecule has 0 saturated carbocycles. The van der Waals surface area contributed by atoms with E-state index in [1.807, 2.05) is 71.8 Å². The van der Waals surface area contributed by atoms with Crippen LogP contribution in [0.4, 0.5) is 0 Å². The standard InChI is InChI=1S/C29H25N3O3S/c1-20-30-26-11-5-4-10-25(26)29(34)32(20)23-15-13-21(14-16-23)28(33)31(19-24-9-7-17-36-24)18-22-8-3-6-12-27(22)35-2/h3-17H,18-19H2,1-2H3. The highest BCUT2D eigenvalue weighted by atomic mass is 32.1. The number of aromatic nitrogens is 2. The summed E-state index contributed by atoms with van der Waals surface area (Å²) in [5, 5.41) is 2.57. The highest BCUT2D eigenvalue weighted by Gasteiger charge is 2.19. The Kier molecular flexibility index (Phi) is 6.64. The Bertz CT molecular complexity index is 1570. The molecule has 1 amide bonds. The van der Waals surface area contributed by atoms with Gasteiger partial charge < -0.3 is 9.64 Å². The minimum Gasteiger partial charge on any atom is -0.496 e. The molecule has 0 aliphatic heterocycles. The van der Waals surface area contributed by atoms with Crippen LogP contribution in [0.1, 0.15) is 26.6 Å². The number of carbonyl (C=O) groups is 1. The molecule has 0 aliphatic carbocycles. The minimum absolute atomic E-state index is 0.0958. The predicted octanol–water partition coefficient (Wildman–Crippen LogP) is 5.61. The van der Waals surface area contributed by atoms with Gasteiger partial charge in [0, 0.05) is 16.0 Å². The lowest BCUT2D eigenvalue weighted by Crippen LogP contribution is -2.30. The van der Waals surface area contributed by atoms with Crippen molar-refractivity contribution in [1.82, 2.24) is 14.5 Å². The van der Waals surface area contributed by atoms with Gasteiger partial charge in [-0.3, -0.25) is 14.2 Å². The average molecular weight is 496 g/mol. The molecular weight excluding hydrogens is 470 g/mol. The molecule has 36 heavy (non-hydrogen) atoms. The van der Waals surface area contributed by atoms with Crippen molar-refractivity contribution in [3.05, 3.63) is 122 Å². The zero-order chi connectivity index (χ0) is 25.1. The number of hydrogen-bond donors (Lipinski definition) is 0. The van der Waals surface area contributed by atoms with Crippen molar-refractivity contribution in [2.24, 2.45) is 0 Å². The lowest BCUT2D eigenvalue weighted by Gasteiger charge is -2.23. The number of ether oxygens (including phenoxy) is 1. The largest absolute Gasteiger partial charge is 0.496 e. The number of fused-ring (bicyclic) bond motifs is 1. The summed E-state index contributed by atoms with van der Waals surface area (Å²) >= 11 is 1.62. The van der Waals surface area contributed by atoms with Gasteiger partial charge in [-0.1, -0.05) is 36.4 Å². The van der Waals surface area contributed by atoms with Crippen molar-refractivity contribution in [2.45, 2.75) is 20.0 Å². The molecule has 0 N–H and O–H groups in total. The molecule has 0 fully saturated rings. The molecule has 0 unspecified atom stereocenters. The van der Waals surface area contributed by atoms with E-state index in [2.05, 4.69) is 4.98 Å². The lowest BCUT2D eigenvalue weighted by atomic mass is 10.1. The van der Waals surface area contributed by atoms with Crippen LogP contribution in [0.5, 0.6) is 5.75 Å². The molecule has 5 aromatic rings. The van der Waals surface area contributed by atoms with Gasteiger partial charge in [-0.05, 0) is 60.8 Å². The van der Waals surface area contributed by atoms with Crippen LogP contribution in [0.25, 0.3) is 16.6 Å². The second-order valence-corrected chi connectivity index (χ2v) is 9.45. The third kappa shape index (κ3) is 4.65.